The maximum Gasteiger partial charge on any atom is 0.343 e. The van der Waals surface area contributed by atoms with E-state index >= 15 is 0 Å². The summed E-state index contributed by atoms with van der Waals surface area (Å²) >= 11 is 5.81. The smallest absolute Gasteiger partial charge is 0.343 e. The third kappa shape index (κ3) is 3.00. The molecule has 19 heavy (non-hydrogen) atoms. The summed E-state index contributed by atoms with van der Waals surface area (Å²) in [4.78, 5) is 19.8. The van der Waals surface area contributed by atoms with Crippen LogP contribution in [0.3, 0.4) is 0 Å². The molecule has 0 aliphatic heterocycles. The highest BCUT2D eigenvalue weighted by atomic mass is 35.5. The van der Waals surface area contributed by atoms with Gasteiger partial charge in [-0.3, -0.25) is 0 Å². The van der Waals surface area contributed by atoms with Crippen molar-refractivity contribution in [3.05, 3.63) is 41.0 Å². The lowest BCUT2D eigenvalue weighted by Gasteiger charge is -2.06. The molecule has 1 aromatic heterocycles. The number of carbonyl (C=O) groups excluding carboxylic acids is 1. The number of benzene rings is 1. The van der Waals surface area contributed by atoms with E-state index in [1.807, 2.05) is 0 Å². The molecule has 0 saturated heterocycles. The molecule has 0 saturated carbocycles. The highest BCUT2D eigenvalue weighted by molar-refractivity contribution is 6.30. The first kappa shape index (κ1) is 13.3. The number of anilines is 1. The van der Waals surface area contributed by atoms with Crippen LogP contribution >= 0.6 is 11.6 Å². The van der Waals surface area contributed by atoms with Crippen LogP contribution in [-0.4, -0.2) is 22.5 Å². The third-order valence-electron chi connectivity index (χ3n) is 2.42. The van der Waals surface area contributed by atoms with Crippen molar-refractivity contribution in [3.63, 3.8) is 0 Å². The van der Waals surface area contributed by atoms with E-state index < -0.39 is 5.97 Å². The van der Waals surface area contributed by atoms with Crippen LogP contribution in [0, 0.1) is 0 Å². The molecule has 0 unspecified atom stereocenters. The zero-order chi connectivity index (χ0) is 13.8. The minimum absolute atomic E-state index is 0.0957. The number of hydrogen-bond acceptors (Lipinski definition) is 5. The van der Waals surface area contributed by atoms with Gasteiger partial charge in [0.2, 0.25) is 0 Å². The Labute approximate surface area is 115 Å². The quantitative estimate of drug-likeness (QED) is 0.872. The van der Waals surface area contributed by atoms with E-state index in [0.29, 0.717) is 10.8 Å². The zero-order valence-corrected chi connectivity index (χ0v) is 11.0. The van der Waals surface area contributed by atoms with Gasteiger partial charge in [-0.15, -0.1) is 0 Å². The second-order valence-corrected chi connectivity index (χ2v) is 4.16. The molecule has 0 spiro atoms. The minimum Gasteiger partial charge on any atom is -0.462 e. The maximum absolute atomic E-state index is 11.6. The summed E-state index contributed by atoms with van der Waals surface area (Å²) in [7, 11) is 0. The van der Waals surface area contributed by atoms with E-state index in [4.69, 9.17) is 22.1 Å². The molecule has 0 atom stereocenters. The molecule has 0 bridgehead atoms. The Kier molecular flexibility index (Phi) is 3.97. The van der Waals surface area contributed by atoms with Crippen LogP contribution in [0.2, 0.25) is 5.02 Å². The molecule has 0 amide bonds. The van der Waals surface area contributed by atoms with Gasteiger partial charge >= 0.3 is 5.97 Å². The van der Waals surface area contributed by atoms with E-state index in [-0.39, 0.29) is 18.0 Å². The molecule has 0 radical (unpaired) electrons. The standard InChI is InChI=1S/C13H12ClN3O2/c1-2-19-13(18)10-7-16-12(17-11(10)15)8-3-5-9(14)6-4-8/h3-7H,2H2,1H3,(H2,15,16,17). The molecule has 0 fully saturated rings. The molecule has 1 heterocycles. The zero-order valence-electron chi connectivity index (χ0n) is 10.3. The van der Waals surface area contributed by atoms with Gasteiger partial charge in [-0.1, -0.05) is 11.6 Å². The molecular weight excluding hydrogens is 266 g/mol. The first-order valence-electron chi connectivity index (χ1n) is 5.67. The second kappa shape index (κ2) is 5.67. The summed E-state index contributed by atoms with van der Waals surface area (Å²) < 4.78 is 4.85. The molecule has 2 N–H and O–H groups in total. The molecule has 1 aromatic carbocycles. The number of aromatic nitrogens is 2. The fraction of sp³-hybridized carbons (Fsp3) is 0.154. The number of ether oxygens (including phenoxy) is 1. The van der Waals surface area contributed by atoms with Crippen LogP contribution < -0.4 is 5.73 Å². The molecule has 6 heteroatoms. The normalized spacial score (nSPS) is 10.2. The maximum atomic E-state index is 11.6. The van der Waals surface area contributed by atoms with Crippen molar-refractivity contribution in [2.45, 2.75) is 6.92 Å². The van der Waals surface area contributed by atoms with Crippen molar-refractivity contribution in [1.29, 1.82) is 0 Å². The van der Waals surface area contributed by atoms with Gasteiger partial charge in [0.25, 0.3) is 0 Å². The SMILES string of the molecule is CCOC(=O)c1cnc(-c2ccc(Cl)cc2)nc1N. The van der Waals surface area contributed by atoms with Crippen molar-refractivity contribution in [2.75, 3.05) is 12.3 Å². The van der Waals surface area contributed by atoms with Crippen LogP contribution in [0.1, 0.15) is 17.3 Å². The van der Waals surface area contributed by atoms with Crippen LogP contribution in [-0.2, 0) is 4.74 Å². The van der Waals surface area contributed by atoms with Crippen LogP contribution in [0.15, 0.2) is 30.5 Å². The average molecular weight is 278 g/mol. The molecule has 0 aliphatic rings. The summed E-state index contributed by atoms with van der Waals surface area (Å²) in [5, 5.41) is 0.625. The molecule has 0 aliphatic carbocycles. The third-order valence-corrected chi connectivity index (χ3v) is 2.67. The summed E-state index contributed by atoms with van der Waals surface area (Å²) in [6, 6.07) is 7.02. The molecule has 2 rings (SSSR count). The second-order valence-electron chi connectivity index (χ2n) is 3.72. The van der Waals surface area contributed by atoms with Crippen molar-refractivity contribution in [1.82, 2.24) is 9.97 Å². The van der Waals surface area contributed by atoms with Gasteiger partial charge in [0, 0.05) is 16.8 Å². The van der Waals surface area contributed by atoms with E-state index in [1.165, 1.54) is 6.20 Å². The lowest BCUT2D eigenvalue weighted by atomic mass is 10.2. The highest BCUT2D eigenvalue weighted by Gasteiger charge is 2.14. The fourth-order valence-electron chi connectivity index (χ4n) is 1.50. The minimum atomic E-state index is -0.525. The lowest BCUT2D eigenvalue weighted by molar-refractivity contribution is 0.0527. The van der Waals surface area contributed by atoms with Gasteiger partial charge in [-0.25, -0.2) is 14.8 Å². The summed E-state index contributed by atoms with van der Waals surface area (Å²) in [6.45, 7) is 1.99. The van der Waals surface area contributed by atoms with E-state index in [1.54, 1.807) is 31.2 Å². The Morgan fingerprint density at radius 2 is 2.05 bits per heavy atom. The Hall–Kier alpha value is -2.14. The van der Waals surface area contributed by atoms with Gasteiger partial charge in [0.1, 0.15) is 11.4 Å². The molecule has 98 valence electrons. The number of nitrogens with two attached hydrogens (primary N) is 1. The molecular formula is C13H12ClN3O2. The largest absolute Gasteiger partial charge is 0.462 e. The van der Waals surface area contributed by atoms with E-state index in [0.717, 1.165) is 5.56 Å². The first-order chi connectivity index (χ1) is 9.11. The lowest BCUT2D eigenvalue weighted by Crippen LogP contribution is -2.10. The van der Waals surface area contributed by atoms with Crippen LogP contribution in [0.25, 0.3) is 11.4 Å². The molecule has 2 aromatic rings. The van der Waals surface area contributed by atoms with E-state index in [2.05, 4.69) is 9.97 Å². The summed E-state index contributed by atoms with van der Waals surface area (Å²) in [5.41, 5.74) is 6.68. The average Bonchev–Trinajstić information content (AvgIpc) is 2.39. The highest BCUT2D eigenvalue weighted by Crippen LogP contribution is 2.20. The Bertz CT molecular complexity index is 599. The Morgan fingerprint density at radius 1 is 1.37 bits per heavy atom. The fourth-order valence-corrected chi connectivity index (χ4v) is 1.63. The predicted octanol–water partition coefficient (Wildman–Crippen LogP) is 2.56. The Balaban J connectivity index is 2.33. The number of rotatable bonds is 3. The number of nitrogen functional groups attached to an aromatic ring is 1. The number of halogens is 1. The number of hydrogen-bond donors (Lipinski definition) is 1. The van der Waals surface area contributed by atoms with Gasteiger partial charge in [-0.05, 0) is 31.2 Å². The van der Waals surface area contributed by atoms with E-state index in [9.17, 15) is 4.79 Å². The monoisotopic (exact) mass is 277 g/mol. The van der Waals surface area contributed by atoms with Crippen molar-refractivity contribution < 1.29 is 9.53 Å². The topological polar surface area (TPSA) is 78.1 Å². The number of carbonyl (C=O) groups is 1. The predicted molar refractivity (Wildman–Crippen MR) is 72.8 cm³/mol. The van der Waals surface area contributed by atoms with Gasteiger partial charge in [-0.2, -0.15) is 0 Å². The number of nitrogens with zero attached hydrogens (tertiary/aromatic N) is 2. The molecule has 5 nitrogen and oxygen atoms in total. The van der Waals surface area contributed by atoms with Crippen LogP contribution in [0.4, 0.5) is 5.82 Å². The Morgan fingerprint density at radius 3 is 2.63 bits per heavy atom. The summed E-state index contributed by atoms with van der Waals surface area (Å²) in [6.07, 6.45) is 1.37. The number of esters is 1. The van der Waals surface area contributed by atoms with Gasteiger partial charge in [0.05, 0.1) is 6.61 Å². The van der Waals surface area contributed by atoms with Crippen molar-refractivity contribution >= 4 is 23.4 Å². The van der Waals surface area contributed by atoms with Gasteiger partial charge in [0.15, 0.2) is 5.82 Å². The van der Waals surface area contributed by atoms with Crippen molar-refractivity contribution in [2.24, 2.45) is 0 Å². The van der Waals surface area contributed by atoms with Crippen molar-refractivity contribution in [3.8, 4) is 11.4 Å². The van der Waals surface area contributed by atoms with Gasteiger partial charge < -0.3 is 10.5 Å². The summed E-state index contributed by atoms with van der Waals surface area (Å²) in [5.74, 6) is 0.00303. The van der Waals surface area contributed by atoms with Crippen LogP contribution in [0.5, 0.6) is 0 Å². The first-order valence-corrected chi connectivity index (χ1v) is 6.05.